The molecule has 0 amide bonds. The van der Waals surface area contributed by atoms with Gasteiger partial charge < -0.3 is 9.47 Å². The molecule has 0 saturated heterocycles. The molecule has 1 aliphatic carbocycles. The number of carbonyl (C=O) groups excluding carboxylic acids is 2. The second-order valence-corrected chi connectivity index (χ2v) is 5.56. The number of ether oxygens (including phenoxy) is 2. The van der Waals surface area contributed by atoms with Crippen LogP contribution in [0.25, 0.3) is 0 Å². The van der Waals surface area contributed by atoms with Gasteiger partial charge in [-0.25, -0.2) is 4.79 Å². The van der Waals surface area contributed by atoms with Crippen LogP contribution >= 0.6 is 0 Å². The fraction of sp³-hybridized carbons (Fsp3) is 0.556. The van der Waals surface area contributed by atoms with E-state index in [1.54, 1.807) is 13.0 Å². The normalized spacial score (nSPS) is 21.2. The Balaban J connectivity index is 2.31. The lowest BCUT2D eigenvalue weighted by molar-refractivity contribution is -0.149. The van der Waals surface area contributed by atoms with Crippen LogP contribution in [-0.2, 0) is 14.3 Å². The molecule has 2 rings (SSSR count). The minimum atomic E-state index is -0.314. The van der Waals surface area contributed by atoms with Gasteiger partial charge in [0.2, 0.25) is 0 Å². The molecule has 120 valence electrons. The summed E-state index contributed by atoms with van der Waals surface area (Å²) in [5.41, 5.74) is 1.49. The number of rotatable bonds is 5. The Morgan fingerprint density at radius 2 is 1.73 bits per heavy atom. The summed E-state index contributed by atoms with van der Waals surface area (Å²) in [5.74, 6) is -0.588. The van der Waals surface area contributed by atoms with Crippen LogP contribution < -0.4 is 0 Å². The Labute approximate surface area is 131 Å². The molecule has 22 heavy (non-hydrogen) atoms. The topological polar surface area (TPSA) is 52.6 Å². The van der Waals surface area contributed by atoms with Gasteiger partial charge in [0, 0.05) is 0 Å². The van der Waals surface area contributed by atoms with Gasteiger partial charge in [-0.15, -0.1) is 0 Å². The van der Waals surface area contributed by atoms with Crippen molar-refractivity contribution in [3.05, 3.63) is 35.4 Å². The van der Waals surface area contributed by atoms with Gasteiger partial charge in [0.05, 0.1) is 24.7 Å². The van der Waals surface area contributed by atoms with Crippen LogP contribution in [0.3, 0.4) is 0 Å². The second-order valence-electron chi connectivity index (χ2n) is 5.56. The van der Waals surface area contributed by atoms with Crippen LogP contribution in [-0.4, -0.2) is 25.2 Å². The first-order chi connectivity index (χ1) is 10.7. The Kier molecular flexibility index (Phi) is 5.99. The predicted molar refractivity (Wildman–Crippen MR) is 83.7 cm³/mol. The maximum absolute atomic E-state index is 12.3. The van der Waals surface area contributed by atoms with Crippen molar-refractivity contribution in [1.82, 2.24) is 0 Å². The van der Waals surface area contributed by atoms with Gasteiger partial charge in [-0.2, -0.15) is 0 Å². The molecule has 0 aromatic heterocycles. The monoisotopic (exact) mass is 304 g/mol. The van der Waals surface area contributed by atoms with Gasteiger partial charge in [-0.1, -0.05) is 31.0 Å². The molecule has 1 fully saturated rings. The van der Waals surface area contributed by atoms with Crippen LogP contribution in [0.15, 0.2) is 24.3 Å². The van der Waals surface area contributed by atoms with Crippen molar-refractivity contribution in [2.24, 2.45) is 5.92 Å². The summed E-state index contributed by atoms with van der Waals surface area (Å²) >= 11 is 0. The molecule has 0 bridgehead atoms. The number of esters is 2. The third-order valence-corrected chi connectivity index (χ3v) is 4.21. The molecule has 0 aliphatic heterocycles. The largest absolute Gasteiger partial charge is 0.466 e. The van der Waals surface area contributed by atoms with Gasteiger partial charge >= 0.3 is 11.9 Å². The summed E-state index contributed by atoms with van der Waals surface area (Å²) < 4.78 is 10.4. The zero-order valence-electron chi connectivity index (χ0n) is 13.3. The molecule has 2 unspecified atom stereocenters. The first kappa shape index (κ1) is 16.5. The molecule has 1 aromatic carbocycles. The highest BCUT2D eigenvalue weighted by Gasteiger charge is 2.35. The SMILES string of the molecule is CCOC(=O)c1ccccc1C1CCCCC1C(=O)OCC. The maximum atomic E-state index is 12.3. The molecule has 4 heteroatoms. The summed E-state index contributed by atoms with van der Waals surface area (Å²) in [6, 6.07) is 7.46. The second kappa shape index (κ2) is 7.97. The van der Waals surface area contributed by atoms with E-state index in [-0.39, 0.29) is 23.8 Å². The molecule has 4 nitrogen and oxygen atoms in total. The van der Waals surface area contributed by atoms with Crippen molar-refractivity contribution in [1.29, 1.82) is 0 Å². The van der Waals surface area contributed by atoms with Crippen molar-refractivity contribution in [2.75, 3.05) is 13.2 Å². The van der Waals surface area contributed by atoms with E-state index in [1.165, 1.54) is 0 Å². The molecule has 0 heterocycles. The van der Waals surface area contributed by atoms with E-state index < -0.39 is 0 Å². The molecule has 1 saturated carbocycles. The van der Waals surface area contributed by atoms with E-state index in [2.05, 4.69) is 0 Å². The molecule has 1 aliphatic rings. The van der Waals surface area contributed by atoms with Crippen LogP contribution in [0.4, 0.5) is 0 Å². The molecule has 0 spiro atoms. The highest BCUT2D eigenvalue weighted by atomic mass is 16.5. The minimum absolute atomic E-state index is 0.0356. The van der Waals surface area contributed by atoms with E-state index in [1.807, 2.05) is 25.1 Å². The molecule has 0 radical (unpaired) electrons. The third kappa shape index (κ3) is 3.67. The molecular weight excluding hydrogens is 280 g/mol. The third-order valence-electron chi connectivity index (χ3n) is 4.21. The van der Waals surface area contributed by atoms with Crippen LogP contribution in [0.2, 0.25) is 0 Å². The lowest BCUT2D eigenvalue weighted by atomic mass is 9.74. The smallest absolute Gasteiger partial charge is 0.338 e. The fourth-order valence-electron chi connectivity index (χ4n) is 3.25. The highest BCUT2D eigenvalue weighted by Crippen LogP contribution is 2.40. The van der Waals surface area contributed by atoms with Crippen LogP contribution in [0, 0.1) is 5.92 Å². The average Bonchev–Trinajstić information content (AvgIpc) is 2.55. The van der Waals surface area contributed by atoms with Crippen LogP contribution in [0.5, 0.6) is 0 Å². The van der Waals surface area contributed by atoms with E-state index in [0.29, 0.717) is 18.8 Å². The standard InChI is InChI=1S/C18H24O4/c1-3-21-17(19)15-11-7-5-9-13(15)14-10-6-8-12-16(14)18(20)22-4-2/h5,7,9,11,14,16H,3-4,6,8,10,12H2,1-2H3. The Morgan fingerprint density at radius 3 is 2.45 bits per heavy atom. The first-order valence-corrected chi connectivity index (χ1v) is 8.11. The predicted octanol–water partition coefficient (Wildman–Crippen LogP) is 3.70. The lowest BCUT2D eigenvalue weighted by Gasteiger charge is -2.31. The van der Waals surface area contributed by atoms with Crippen LogP contribution in [0.1, 0.15) is 61.4 Å². The number of benzene rings is 1. The van der Waals surface area contributed by atoms with Crippen molar-refractivity contribution >= 4 is 11.9 Å². The molecule has 2 atom stereocenters. The van der Waals surface area contributed by atoms with Crippen molar-refractivity contribution < 1.29 is 19.1 Å². The zero-order valence-corrected chi connectivity index (χ0v) is 13.3. The molecule has 0 N–H and O–H groups in total. The fourth-order valence-corrected chi connectivity index (χ4v) is 3.25. The molecule has 1 aromatic rings. The quantitative estimate of drug-likeness (QED) is 0.778. The van der Waals surface area contributed by atoms with Gasteiger partial charge in [0.15, 0.2) is 0 Å². The Hall–Kier alpha value is -1.84. The minimum Gasteiger partial charge on any atom is -0.466 e. The number of carbonyl (C=O) groups is 2. The number of hydrogen-bond donors (Lipinski definition) is 0. The van der Waals surface area contributed by atoms with E-state index >= 15 is 0 Å². The summed E-state index contributed by atoms with van der Waals surface area (Å²) in [6.45, 7) is 4.35. The van der Waals surface area contributed by atoms with E-state index in [0.717, 1.165) is 31.2 Å². The van der Waals surface area contributed by atoms with Crippen molar-refractivity contribution in [3.63, 3.8) is 0 Å². The zero-order chi connectivity index (χ0) is 15.9. The van der Waals surface area contributed by atoms with Crippen molar-refractivity contribution in [2.45, 2.75) is 45.4 Å². The Bertz CT molecular complexity index is 524. The lowest BCUT2D eigenvalue weighted by Crippen LogP contribution is -2.28. The summed E-state index contributed by atoms with van der Waals surface area (Å²) in [4.78, 5) is 24.4. The average molecular weight is 304 g/mol. The number of hydrogen-bond acceptors (Lipinski definition) is 4. The summed E-state index contributed by atoms with van der Waals surface area (Å²) in [5, 5.41) is 0. The van der Waals surface area contributed by atoms with Gasteiger partial charge in [-0.3, -0.25) is 4.79 Å². The van der Waals surface area contributed by atoms with Gasteiger partial charge in [0.25, 0.3) is 0 Å². The molecular formula is C18H24O4. The maximum Gasteiger partial charge on any atom is 0.338 e. The van der Waals surface area contributed by atoms with Gasteiger partial charge in [-0.05, 0) is 44.2 Å². The highest BCUT2D eigenvalue weighted by molar-refractivity contribution is 5.91. The van der Waals surface area contributed by atoms with E-state index in [9.17, 15) is 9.59 Å². The summed E-state index contributed by atoms with van der Waals surface area (Å²) in [7, 11) is 0. The van der Waals surface area contributed by atoms with E-state index in [4.69, 9.17) is 9.47 Å². The Morgan fingerprint density at radius 1 is 1.05 bits per heavy atom. The first-order valence-electron chi connectivity index (χ1n) is 8.11. The summed E-state index contributed by atoms with van der Waals surface area (Å²) in [6.07, 6.45) is 3.82. The van der Waals surface area contributed by atoms with Gasteiger partial charge in [0.1, 0.15) is 0 Å². The van der Waals surface area contributed by atoms with Crippen molar-refractivity contribution in [3.8, 4) is 0 Å².